The largest absolute Gasteiger partial charge is 0.494 e. The fourth-order valence-electron chi connectivity index (χ4n) is 5.00. The maximum absolute atomic E-state index is 12.0. The van der Waals surface area contributed by atoms with E-state index in [1.165, 1.54) is 71.9 Å². The number of hydrogen-bond acceptors (Lipinski definition) is 2. The van der Waals surface area contributed by atoms with E-state index in [0.717, 1.165) is 49.5 Å². The van der Waals surface area contributed by atoms with Gasteiger partial charge in [-0.2, -0.15) is 0 Å². The predicted molar refractivity (Wildman–Crippen MR) is 171 cm³/mol. The van der Waals surface area contributed by atoms with Crippen LogP contribution in [0.4, 0.5) is 0 Å². The second-order valence-corrected chi connectivity index (χ2v) is 12.2. The predicted octanol–water partition coefficient (Wildman–Crippen LogP) is 10.0. The quantitative estimate of drug-likeness (QED) is 0.118. The molecule has 0 N–H and O–H groups in total. The zero-order valence-electron chi connectivity index (χ0n) is 24.4. The molecule has 0 saturated heterocycles. The van der Waals surface area contributed by atoms with Crippen LogP contribution >= 0.6 is 0 Å². The van der Waals surface area contributed by atoms with Crippen molar-refractivity contribution in [3.63, 3.8) is 0 Å². The number of unbranched alkanes of at least 4 members (excludes halogenated alkanes) is 7. The van der Waals surface area contributed by atoms with Crippen molar-refractivity contribution < 1.29 is 8.95 Å². The molecule has 3 heteroatoms. The highest BCUT2D eigenvalue weighted by Crippen LogP contribution is 2.35. The van der Waals surface area contributed by atoms with Gasteiger partial charge in [0, 0.05) is 22.3 Å². The lowest BCUT2D eigenvalue weighted by atomic mass is 9.88. The van der Waals surface area contributed by atoms with Crippen LogP contribution in [0.1, 0.15) is 100 Å². The monoisotopic (exact) mass is 544 g/mol. The Morgan fingerprint density at radius 3 is 1.82 bits per heavy atom. The minimum Gasteiger partial charge on any atom is -0.494 e. The first kappa shape index (κ1) is 30.9. The molecule has 1 unspecified atom stereocenters. The molecule has 0 aromatic heterocycles. The van der Waals surface area contributed by atoms with E-state index in [2.05, 4.69) is 99.6 Å². The first-order chi connectivity index (χ1) is 19.1. The van der Waals surface area contributed by atoms with Crippen molar-refractivity contribution in [1.82, 2.24) is 0 Å². The first-order valence-corrected chi connectivity index (χ1v) is 16.5. The van der Waals surface area contributed by atoms with E-state index >= 15 is 0 Å². The number of aryl methyl sites for hydroxylation is 1. The normalized spacial score (nSPS) is 12.7. The molecule has 0 aliphatic rings. The van der Waals surface area contributed by atoms with E-state index in [4.69, 9.17) is 4.74 Å². The molecular weight excluding hydrogens is 496 g/mol. The molecule has 210 valence electrons. The van der Waals surface area contributed by atoms with Gasteiger partial charge in [0.15, 0.2) is 0 Å². The van der Waals surface area contributed by atoms with Gasteiger partial charge in [-0.1, -0.05) is 125 Å². The van der Waals surface area contributed by atoms with E-state index in [1.807, 2.05) is 0 Å². The molecule has 3 aromatic carbocycles. The van der Waals surface area contributed by atoms with Gasteiger partial charge in [0.2, 0.25) is 0 Å². The summed E-state index contributed by atoms with van der Waals surface area (Å²) in [5.41, 5.74) is 7.66. The van der Waals surface area contributed by atoms with E-state index in [0.29, 0.717) is 0 Å². The average molecular weight is 545 g/mol. The molecule has 0 amide bonds. The van der Waals surface area contributed by atoms with Gasteiger partial charge in [-0.3, -0.25) is 4.21 Å². The van der Waals surface area contributed by atoms with E-state index in [9.17, 15) is 4.21 Å². The maximum Gasteiger partial charge on any atom is 0.119 e. The smallest absolute Gasteiger partial charge is 0.119 e. The van der Waals surface area contributed by atoms with Gasteiger partial charge < -0.3 is 4.74 Å². The highest BCUT2D eigenvalue weighted by Gasteiger charge is 2.13. The third-order valence-corrected chi connectivity index (χ3v) is 8.76. The third-order valence-electron chi connectivity index (χ3n) is 7.27. The van der Waals surface area contributed by atoms with Crippen LogP contribution in [0.5, 0.6) is 5.75 Å². The summed E-state index contributed by atoms with van der Waals surface area (Å²) in [7, 11) is -0.606. The van der Waals surface area contributed by atoms with Crippen molar-refractivity contribution in [2.45, 2.75) is 85.0 Å². The molecule has 3 aromatic rings. The molecule has 1 atom stereocenters. The van der Waals surface area contributed by atoms with Crippen LogP contribution in [0.2, 0.25) is 0 Å². The standard InChI is InChI=1S/C36H48O2S/c1-4-6-15-28-39(37)29-16-10-8-7-9-14-27-38-34-25-23-33(24-26-34)36(32-21-19-30(3)20-22-32)35(5-2)31-17-12-11-13-18-31/h11-13,17-26H,4-10,14-16,27-29H2,1-3H3/b36-35+. The molecule has 0 saturated carbocycles. The Balaban J connectivity index is 1.49. The number of hydrogen-bond donors (Lipinski definition) is 0. The molecular formula is C36H48O2S. The number of benzene rings is 3. The molecule has 0 aliphatic heterocycles. The number of ether oxygens (including phenoxy) is 1. The van der Waals surface area contributed by atoms with Crippen molar-refractivity contribution >= 4 is 21.9 Å². The highest BCUT2D eigenvalue weighted by atomic mass is 32.2. The van der Waals surface area contributed by atoms with Crippen molar-refractivity contribution in [3.8, 4) is 5.75 Å². The summed E-state index contributed by atoms with van der Waals surface area (Å²) in [6, 6.07) is 28.2. The molecule has 0 heterocycles. The average Bonchev–Trinajstić information content (AvgIpc) is 2.96. The summed E-state index contributed by atoms with van der Waals surface area (Å²) in [5, 5.41) is 0. The number of rotatable bonds is 18. The van der Waals surface area contributed by atoms with Crippen LogP contribution in [0, 0.1) is 6.92 Å². The van der Waals surface area contributed by atoms with Gasteiger partial charge in [0.1, 0.15) is 5.75 Å². The molecule has 39 heavy (non-hydrogen) atoms. The summed E-state index contributed by atoms with van der Waals surface area (Å²) >= 11 is 0. The van der Waals surface area contributed by atoms with Crippen molar-refractivity contribution in [2.75, 3.05) is 18.1 Å². The van der Waals surface area contributed by atoms with Gasteiger partial charge in [-0.25, -0.2) is 0 Å². The SMILES string of the molecule is CCCCCS(=O)CCCCCCCCOc1ccc(/C(=C(\CC)c2ccccc2)c2ccc(C)cc2)cc1. The Bertz CT molecular complexity index is 1130. The number of allylic oxidation sites excluding steroid dienone is 1. The highest BCUT2D eigenvalue weighted by molar-refractivity contribution is 7.84. The van der Waals surface area contributed by atoms with E-state index in [1.54, 1.807) is 0 Å². The first-order valence-electron chi connectivity index (χ1n) is 15.1. The fourth-order valence-corrected chi connectivity index (χ4v) is 6.25. The van der Waals surface area contributed by atoms with Crippen molar-refractivity contribution in [2.24, 2.45) is 0 Å². The Morgan fingerprint density at radius 2 is 1.21 bits per heavy atom. The van der Waals surface area contributed by atoms with E-state index in [-0.39, 0.29) is 0 Å². The lowest BCUT2D eigenvalue weighted by Crippen LogP contribution is -2.02. The van der Waals surface area contributed by atoms with Crippen LogP contribution in [0.15, 0.2) is 78.9 Å². The summed E-state index contributed by atoms with van der Waals surface area (Å²) in [6.07, 6.45) is 11.5. The molecule has 2 nitrogen and oxygen atoms in total. The minimum absolute atomic E-state index is 0.606. The van der Waals surface area contributed by atoms with Crippen LogP contribution in [0.3, 0.4) is 0 Å². The zero-order chi connectivity index (χ0) is 27.7. The molecule has 0 bridgehead atoms. The molecule has 0 spiro atoms. The molecule has 0 radical (unpaired) electrons. The van der Waals surface area contributed by atoms with Crippen LogP contribution in [-0.4, -0.2) is 22.3 Å². The van der Waals surface area contributed by atoms with Crippen molar-refractivity contribution in [1.29, 1.82) is 0 Å². The Morgan fingerprint density at radius 1 is 0.641 bits per heavy atom. The Kier molecular flexibility index (Phi) is 14.1. The fraction of sp³-hybridized carbons (Fsp3) is 0.444. The van der Waals surface area contributed by atoms with Crippen LogP contribution in [-0.2, 0) is 10.8 Å². The van der Waals surface area contributed by atoms with E-state index < -0.39 is 10.8 Å². The van der Waals surface area contributed by atoms with Gasteiger partial charge in [-0.15, -0.1) is 0 Å². The maximum atomic E-state index is 12.0. The summed E-state index contributed by atoms with van der Waals surface area (Å²) in [5.74, 6) is 2.71. The van der Waals surface area contributed by atoms with Crippen molar-refractivity contribution in [3.05, 3.63) is 101 Å². The van der Waals surface area contributed by atoms with Gasteiger partial charge in [0.05, 0.1) is 6.61 Å². The van der Waals surface area contributed by atoms with Crippen LogP contribution < -0.4 is 4.74 Å². The summed E-state index contributed by atoms with van der Waals surface area (Å²) in [6.45, 7) is 7.33. The summed E-state index contributed by atoms with van der Waals surface area (Å²) < 4.78 is 18.1. The molecule has 0 aliphatic carbocycles. The van der Waals surface area contributed by atoms with Gasteiger partial charge in [-0.05, 0) is 72.6 Å². The Hall–Kier alpha value is -2.65. The minimum atomic E-state index is -0.606. The lowest BCUT2D eigenvalue weighted by Gasteiger charge is -2.17. The summed E-state index contributed by atoms with van der Waals surface area (Å²) in [4.78, 5) is 0. The van der Waals surface area contributed by atoms with Gasteiger partial charge in [0.25, 0.3) is 0 Å². The zero-order valence-corrected chi connectivity index (χ0v) is 25.2. The lowest BCUT2D eigenvalue weighted by molar-refractivity contribution is 0.304. The third kappa shape index (κ3) is 10.8. The van der Waals surface area contributed by atoms with Gasteiger partial charge >= 0.3 is 0 Å². The second kappa shape index (κ2) is 17.8. The second-order valence-electron chi connectivity index (χ2n) is 10.5. The Labute approximate surface area is 240 Å². The molecule has 3 rings (SSSR count). The van der Waals surface area contributed by atoms with Crippen LogP contribution in [0.25, 0.3) is 11.1 Å². The topological polar surface area (TPSA) is 26.3 Å². The molecule has 0 fully saturated rings.